The number of nitrogens with zero attached hydrogens (tertiary/aromatic N) is 4. The van der Waals surface area contributed by atoms with Crippen LogP contribution in [-0.2, 0) is 6.54 Å². The Morgan fingerprint density at radius 1 is 1.17 bits per heavy atom. The van der Waals surface area contributed by atoms with Gasteiger partial charge in [0.2, 0.25) is 0 Å². The molecule has 1 aromatic heterocycles. The average Bonchev–Trinajstić information content (AvgIpc) is 3.55. The van der Waals surface area contributed by atoms with Crippen LogP contribution < -0.4 is 5.56 Å². The molecule has 0 radical (unpaired) electrons. The van der Waals surface area contributed by atoms with E-state index in [1.807, 2.05) is 4.57 Å². The van der Waals surface area contributed by atoms with Crippen molar-refractivity contribution >= 4 is 10.9 Å². The molecule has 2 fully saturated rings. The molecule has 0 spiro atoms. The molecule has 6 heteroatoms. The number of benzene rings is 1. The smallest absolute Gasteiger partial charge is 0.261 e. The van der Waals surface area contributed by atoms with Gasteiger partial charge in [0.05, 0.1) is 16.9 Å². The molecule has 0 N–H and O–H groups in total. The second-order valence-electron chi connectivity index (χ2n) is 8.62. The first-order valence-electron chi connectivity index (χ1n) is 11.3. The van der Waals surface area contributed by atoms with Crippen molar-refractivity contribution in [2.24, 2.45) is 5.92 Å². The molecule has 0 amide bonds. The number of fused-ring (bicyclic) bond motifs is 1. The molecular formula is C23H33FN4O. The minimum absolute atomic E-state index is 0.0810. The summed E-state index contributed by atoms with van der Waals surface area (Å²) in [6, 6.07) is 4.54. The molecule has 1 aliphatic carbocycles. The van der Waals surface area contributed by atoms with Crippen LogP contribution in [0.5, 0.6) is 0 Å². The van der Waals surface area contributed by atoms with Crippen LogP contribution in [0.1, 0.15) is 57.8 Å². The lowest BCUT2D eigenvalue weighted by Crippen LogP contribution is -2.38. The maximum Gasteiger partial charge on any atom is 0.261 e. The van der Waals surface area contributed by atoms with E-state index < -0.39 is 0 Å². The topological polar surface area (TPSA) is 41.4 Å². The van der Waals surface area contributed by atoms with Crippen LogP contribution in [0, 0.1) is 11.7 Å². The second-order valence-corrected chi connectivity index (χ2v) is 8.62. The van der Waals surface area contributed by atoms with Crippen molar-refractivity contribution in [1.82, 2.24) is 19.4 Å². The Hall–Kier alpha value is -1.79. The zero-order valence-corrected chi connectivity index (χ0v) is 17.7. The predicted octanol–water partition coefficient (Wildman–Crippen LogP) is 3.81. The van der Waals surface area contributed by atoms with Gasteiger partial charge in [0.15, 0.2) is 0 Å². The SMILES string of the molecule is CCC[C@H](c1nc2ccc(F)cc2c(=O)n1CC1CC1)N1CCCN(CC)CC1. The molecule has 158 valence electrons. The Morgan fingerprint density at radius 2 is 2.00 bits per heavy atom. The van der Waals surface area contributed by atoms with Gasteiger partial charge in [0, 0.05) is 26.2 Å². The summed E-state index contributed by atoms with van der Waals surface area (Å²) in [4.78, 5) is 23.3. The van der Waals surface area contributed by atoms with Crippen LogP contribution in [0.2, 0.25) is 0 Å². The second kappa shape index (κ2) is 8.92. The van der Waals surface area contributed by atoms with Crippen LogP contribution in [0.15, 0.2) is 23.0 Å². The van der Waals surface area contributed by atoms with Gasteiger partial charge in [-0.1, -0.05) is 20.3 Å². The first kappa shape index (κ1) is 20.5. The molecule has 1 aliphatic heterocycles. The van der Waals surface area contributed by atoms with E-state index in [1.54, 1.807) is 6.07 Å². The van der Waals surface area contributed by atoms with Crippen molar-refractivity contribution < 1.29 is 4.39 Å². The monoisotopic (exact) mass is 400 g/mol. The number of hydrogen-bond acceptors (Lipinski definition) is 4. The van der Waals surface area contributed by atoms with Gasteiger partial charge in [-0.25, -0.2) is 9.37 Å². The van der Waals surface area contributed by atoms with E-state index in [9.17, 15) is 9.18 Å². The summed E-state index contributed by atoms with van der Waals surface area (Å²) < 4.78 is 15.7. The Balaban J connectivity index is 1.77. The molecule has 5 nitrogen and oxygen atoms in total. The lowest BCUT2D eigenvalue weighted by Gasteiger charge is -2.32. The fourth-order valence-corrected chi connectivity index (χ4v) is 4.57. The van der Waals surface area contributed by atoms with E-state index in [0.29, 0.717) is 23.4 Å². The van der Waals surface area contributed by atoms with E-state index >= 15 is 0 Å². The van der Waals surface area contributed by atoms with Gasteiger partial charge in [-0.15, -0.1) is 0 Å². The zero-order valence-electron chi connectivity index (χ0n) is 17.7. The summed E-state index contributed by atoms with van der Waals surface area (Å²) in [5, 5.41) is 0.401. The third kappa shape index (κ3) is 4.53. The first-order valence-corrected chi connectivity index (χ1v) is 11.3. The molecule has 1 aromatic carbocycles. The van der Waals surface area contributed by atoms with Gasteiger partial charge in [-0.3, -0.25) is 14.3 Å². The predicted molar refractivity (Wildman–Crippen MR) is 115 cm³/mol. The number of halogens is 1. The lowest BCUT2D eigenvalue weighted by molar-refractivity contribution is 0.177. The van der Waals surface area contributed by atoms with Crippen molar-refractivity contribution in [3.05, 3.63) is 40.2 Å². The number of rotatable bonds is 7. The molecule has 0 unspecified atom stereocenters. The molecule has 2 heterocycles. The molecule has 0 bridgehead atoms. The normalized spacial score (nSPS) is 20.1. The van der Waals surface area contributed by atoms with Crippen molar-refractivity contribution in [1.29, 1.82) is 0 Å². The van der Waals surface area contributed by atoms with E-state index in [1.165, 1.54) is 25.0 Å². The highest BCUT2D eigenvalue weighted by Gasteiger charge is 2.30. The Morgan fingerprint density at radius 3 is 2.72 bits per heavy atom. The average molecular weight is 401 g/mol. The van der Waals surface area contributed by atoms with Gasteiger partial charge >= 0.3 is 0 Å². The van der Waals surface area contributed by atoms with Crippen LogP contribution in [-0.4, -0.2) is 52.1 Å². The lowest BCUT2D eigenvalue weighted by atomic mass is 10.1. The van der Waals surface area contributed by atoms with Gasteiger partial charge in [0.1, 0.15) is 11.6 Å². The maximum absolute atomic E-state index is 13.8. The Labute approximate surface area is 172 Å². The van der Waals surface area contributed by atoms with Crippen molar-refractivity contribution in [2.75, 3.05) is 32.7 Å². The summed E-state index contributed by atoms with van der Waals surface area (Å²) >= 11 is 0. The summed E-state index contributed by atoms with van der Waals surface area (Å²) in [7, 11) is 0. The zero-order chi connectivity index (χ0) is 20.4. The van der Waals surface area contributed by atoms with E-state index in [-0.39, 0.29) is 17.4 Å². The molecule has 1 saturated carbocycles. The largest absolute Gasteiger partial charge is 0.302 e. The molecule has 1 saturated heterocycles. The molecule has 4 rings (SSSR count). The minimum atomic E-state index is -0.376. The third-order valence-electron chi connectivity index (χ3n) is 6.45. The number of likely N-dealkylation sites (N-methyl/N-ethyl adjacent to an activating group) is 1. The highest BCUT2D eigenvalue weighted by molar-refractivity contribution is 5.77. The number of hydrogen-bond donors (Lipinski definition) is 0. The van der Waals surface area contributed by atoms with E-state index in [2.05, 4.69) is 23.6 Å². The van der Waals surface area contributed by atoms with Crippen LogP contribution in [0.3, 0.4) is 0 Å². The van der Waals surface area contributed by atoms with Gasteiger partial charge in [0.25, 0.3) is 5.56 Å². The van der Waals surface area contributed by atoms with Crippen LogP contribution in [0.25, 0.3) is 10.9 Å². The van der Waals surface area contributed by atoms with E-state index in [0.717, 1.165) is 57.8 Å². The third-order valence-corrected chi connectivity index (χ3v) is 6.45. The Bertz CT molecular complexity index is 908. The molecular weight excluding hydrogens is 367 g/mol. The quantitative estimate of drug-likeness (QED) is 0.709. The summed E-state index contributed by atoms with van der Waals surface area (Å²) in [6.07, 6.45) is 5.50. The van der Waals surface area contributed by atoms with Gasteiger partial charge in [-0.05, 0) is 62.9 Å². The van der Waals surface area contributed by atoms with Crippen LogP contribution >= 0.6 is 0 Å². The van der Waals surface area contributed by atoms with Gasteiger partial charge in [-0.2, -0.15) is 0 Å². The fraction of sp³-hybridized carbons (Fsp3) is 0.652. The molecule has 1 atom stereocenters. The molecule has 2 aliphatic rings. The fourth-order valence-electron chi connectivity index (χ4n) is 4.57. The minimum Gasteiger partial charge on any atom is -0.302 e. The molecule has 29 heavy (non-hydrogen) atoms. The van der Waals surface area contributed by atoms with Crippen LogP contribution in [0.4, 0.5) is 4.39 Å². The number of aromatic nitrogens is 2. The van der Waals surface area contributed by atoms with Crippen molar-refractivity contribution in [2.45, 2.75) is 58.5 Å². The highest BCUT2D eigenvalue weighted by atomic mass is 19.1. The molecule has 2 aromatic rings. The van der Waals surface area contributed by atoms with Crippen molar-refractivity contribution in [3.63, 3.8) is 0 Å². The van der Waals surface area contributed by atoms with E-state index in [4.69, 9.17) is 4.98 Å². The standard InChI is InChI=1S/C23H33FN4O/c1-3-6-21(27-12-5-11-26(4-2)13-14-27)22-25-20-10-9-18(24)15-19(20)23(29)28(22)16-17-7-8-17/h9-10,15,17,21H,3-8,11-14,16H2,1-2H3/t21-/m1/s1. The first-order chi connectivity index (χ1) is 14.1. The summed E-state index contributed by atoms with van der Waals surface area (Å²) in [6.45, 7) is 10.4. The summed E-state index contributed by atoms with van der Waals surface area (Å²) in [5.41, 5.74) is 0.534. The maximum atomic E-state index is 13.8. The Kier molecular flexibility index (Phi) is 6.30. The highest BCUT2D eigenvalue weighted by Crippen LogP contribution is 2.33. The van der Waals surface area contributed by atoms with Gasteiger partial charge < -0.3 is 4.90 Å². The summed E-state index contributed by atoms with van der Waals surface area (Å²) in [5.74, 6) is 1.06. The van der Waals surface area contributed by atoms with Crippen molar-refractivity contribution in [3.8, 4) is 0 Å².